The fourth-order valence-electron chi connectivity index (χ4n) is 3.07. The molecule has 4 heteroatoms. The van der Waals surface area contributed by atoms with Gasteiger partial charge in [-0.05, 0) is 43.0 Å². The molecule has 3 aromatic rings. The van der Waals surface area contributed by atoms with E-state index in [0.717, 1.165) is 30.5 Å². The Balaban J connectivity index is 2.10. The summed E-state index contributed by atoms with van der Waals surface area (Å²) in [6.07, 6.45) is 2.95. The summed E-state index contributed by atoms with van der Waals surface area (Å²) in [5, 5.41) is 0.951. The predicted molar refractivity (Wildman–Crippen MR) is 84.4 cm³/mol. The highest BCUT2D eigenvalue weighted by Gasteiger charge is 2.21. The molecule has 0 saturated heterocycles. The molecule has 4 rings (SSSR count). The maximum Gasteiger partial charge on any atom is 0.230 e. The smallest absolute Gasteiger partial charge is 0.230 e. The summed E-state index contributed by atoms with van der Waals surface area (Å²) in [5.41, 5.74) is 3.18. The average Bonchev–Trinajstić information content (AvgIpc) is 2.54. The molecule has 0 N–H and O–H groups in total. The first kappa shape index (κ1) is 13.2. The van der Waals surface area contributed by atoms with E-state index in [9.17, 15) is 9.59 Å². The van der Waals surface area contributed by atoms with Gasteiger partial charge in [0.2, 0.25) is 11.1 Å². The number of aromatic nitrogens is 1. The number of rotatable bonds is 1. The Bertz CT molecular complexity index is 985. The quantitative estimate of drug-likeness (QED) is 0.645. The van der Waals surface area contributed by atoms with Crippen molar-refractivity contribution in [3.8, 4) is 0 Å². The van der Waals surface area contributed by atoms with Crippen molar-refractivity contribution in [2.75, 3.05) is 0 Å². The molecule has 0 saturated carbocycles. The normalized spacial score (nSPS) is 14.5. The topological polar surface area (TPSA) is 60.2 Å². The van der Waals surface area contributed by atoms with Crippen LogP contribution >= 0.6 is 0 Å². The molecule has 0 aliphatic heterocycles. The molecule has 0 spiro atoms. The Morgan fingerprint density at radius 3 is 2.82 bits per heavy atom. The van der Waals surface area contributed by atoms with Crippen molar-refractivity contribution >= 4 is 27.9 Å². The largest absolute Gasteiger partial charge is 0.437 e. The molecule has 1 aliphatic carbocycles. The van der Waals surface area contributed by atoms with Crippen LogP contribution in [0.3, 0.4) is 0 Å². The zero-order valence-electron chi connectivity index (χ0n) is 12.3. The van der Waals surface area contributed by atoms with Gasteiger partial charge in [-0.25, -0.2) is 4.98 Å². The summed E-state index contributed by atoms with van der Waals surface area (Å²) in [4.78, 5) is 29.2. The SMILES string of the molecule is CCc1ccc2oc3nc4c(cc3c(=O)c2c1)C(=O)CCC4. The van der Waals surface area contributed by atoms with Crippen molar-refractivity contribution in [2.24, 2.45) is 0 Å². The van der Waals surface area contributed by atoms with Gasteiger partial charge in [0.05, 0.1) is 16.5 Å². The molecule has 0 atom stereocenters. The lowest BCUT2D eigenvalue weighted by Gasteiger charge is -2.14. The Morgan fingerprint density at radius 2 is 2.00 bits per heavy atom. The van der Waals surface area contributed by atoms with Crippen molar-refractivity contribution in [2.45, 2.75) is 32.6 Å². The standard InChI is InChI=1S/C18H15NO3/c1-2-10-6-7-16-12(8-10)17(21)13-9-11-14(19-18(13)22-16)4-3-5-15(11)20/h6-9H,2-5H2,1H3. The Morgan fingerprint density at radius 1 is 1.14 bits per heavy atom. The number of carbonyl (C=O) groups excluding carboxylic acids is 1. The van der Waals surface area contributed by atoms with Gasteiger partial charge >= 0.3 is 0 Å². The van der Waals surface area contributed by atoms with Crippen LogP contribution in [0.1, 0.15) is 41.4 Å². The lowest BCUT2D eigenvalue weighted by molar-refractivity contribution is 0.0972. The summed E-state index contributed by atoms with van der Waals surface area (Å²) in [6.45, 7) is 2.04. The zero-order chi connectivity index (χ0) is 15.3. The second-order valence-corrected chi connectivity index (χ2v) is 5.73. The number of carbonyl (C=O) groups is 1. The van der Waals surface area contributed by atoms with E-state index in [1.165, 1.54) is 0 Å². The molecule has 22 heavy (non-hydrogen) atoms. The molecule has 4 nitrogen and oxygen atoms in total. The van der Waals surface area contributed by atoms with Crippen LogP contribution in [-0.4, -0.2) is 10.8 Å². The third-order valence-corrected chi connectivity index (χ3v) is 4.33. The molecule has 0 amide bonds. The molecule has 0 bridgehead atoms. The number of nitrogens with zero attached hydrogens (tertiary/aromatic N) is 1. The van der Waals surface area contributed by atoms with Crippen LogP contribution in [-0.2, 0) is 12.8 Å². The maximum atomic E-state index is 12.7. The van der Waals surface area contributed by atoms with Gasteiger partial charge in [-0.2, -0.15) is 0 Å². The van der Waals surface area contributed by atoms with Gasteiger partial charge in [0.1, 0.15) is 5.58 Å². The van der Waals surface area contributed by atoms with Crippen LogP contribution in [0.4, 0.5) is 0 Å². The molecule has 0 fully saturated rings. The minimum atomic E-state index is -0.111. The second-order valence-electron chi connectivity index (χ2n) is 5.73. The van der Waals surface area contributed by atoms with E-state index < -0.39 is 0 Å². The lowest BCUT2D eigenvalue weighted by atomic mass is 9.94. The van der Waals surface area contributed by atoms with Crippen molar-refractivity contribution in [1.29, 1.82) is 0 Å². The fraction of sp³-hybridized carbons (Fsp3) is 0.278. The molecule has 2 heterocycles. The first-order valence-corrected chi connectivity index (χ1v) is 7.60. The summed E-state index contributed by atoms with van der Waals surface area (Å²) >= 11 is 0. The number of ketones is 1. The number of fused-ring (bicyclic) bond motifs is 3. The first-order valence-electron chi connectivity index (χ1n) is 7.60. The van der Waals surface area contributed by atoms with Gasteiger partial charge < -0.3 is 4.42 Å². The molecule has 0 radical (unpaired) electrons. The van der Waals surface area contributed by atoms with Gasteiger partial charge in [-0.3, -0.25) is 9.59 Å². The van der Waals surface area contributed by atoms with E-state index in [1.54, 1.807) is 6.07 Å². The third-order valence-electron chi connectivity index (χ3n) is 4.33. The monoisotopic (exact) mass is 293 g/mol. The van der Waals surface area contributed by atoms with E-state index >= 15 is 0 Å². The van der Waals surface area contributed by atoms with Gasteiger partial charge in [-0.15, -0.1) is 0 Å². The molecule has 2 aromatic heterocycles. The summed E-state index contributed by atoms with van der Waals surface area (Å²) < 4.78 is 5.81. The van der Waals surface area contributed by atoms with Crippen molar-refractivity contribution in [3.05, 3.63) is 51.3 Å². The van der Waals surface area contributed by atoms with Crippen LogP contribution < -0.4 is 5.43 Å². The molecule has 110 valence electrons. The molecular weight excluding hydrogens is 278 g/mol. The highest BCUT2D eigenvalue weighted by atomic mass is 16.3. The van der Waals surface area contributed by atoms with Gasteiger partial charge in [0.15, 0.2) is 5.78 Å². The molecule has 1 aliphatic rings. The fourth-order valence-corrected chi connectivity index (χ4v) is 3.07. The van der Waals surface area contributed by atoms with Gasteiger partial charge in [-0.1, -0.05) is 13.0 Å². The number of hydrogen-bond donors (Lipinski definition) is 0. The number of pyridine rings is 1. The summed E-state index contributed by atoms with van der Waals surface area (Å²) in [5.74, 6) is 0.0671. The lowest BCUT2D eigenvalue weighted by Crippen LogP contribution is -2.14. The van der Waals surface area contributed by atoms with Crippen molar-refractivity contribution < 1.29 is 9.21 Å². The van der Waals surface area contributed by atoms with Crippen LogP contribution in [0, 0.1) is 0 Å². The zero-order valence-corrected chi connectivity index (χ0v) is 12.3. The van der Waals surface area contributed by atoms with E-state index in [2.05, 4.69) is 4.98 Å². The second kappa shape index (κ2) is 4.77. The van der Waals surface area contributed by atoms with Crippen LogP contribution in [0.2, 0.25) is 0 Å². The van der Waals surface area contributed by atoms with Crippen LogP contribution in [0.15, 0.2) is 33.5 Å². The van der Waals surface area contributed by atoms with Gasteiger partial charge in [0, 0.05) is 12.0 Å². The minimum Gasteiger partial charge on any atom is -0.437 e. The average molecular weight is 293 g/mol. The number of hydrogen-bond acceptors (Lipinski definition) is 4. The van der Waals surface area contributed by atoms with Crippen LogP contribution in [0.25, 0.3) is 22.1 Å². The molecular formula is C18H15NO3. The Hall–Kier alpha value is -2.49. The number of benzene rings is 1. The van der Waals surface area contributed by atoms with Gasteiger partial charge in [0.25, 0.3) is 0 Å². The van der Waals surface area contributed by atoms with E-state index in [1.807, 2.05) is 25.1 Å². The molecule has 0 unspecified atom stereocenters. The highest BCUT2D eigenvalue weighted by molar-refractivity contribution is 6.01. The van der Waals surface area contributed by atoms with E-state index in [-0.39, 0.29) is 11.2 Å². The first-order chi connectivity index (χ1) is 10.7. The summed E-state index contributed by atoms with van der Waals surface area (Å²) in [7, 11) is 0. The Labute approximate surface area is 126 Å². The predicted octanol–water partition coefficient (Wildman–Crippen LogP) is 3.42. The van der Waals surface area contributed by atoms with Crippen molar-refractivity contribution in [1.82, 2.24) is 4.98 Å². The van der Waals surface area contributed by atoms with Crippen LogP contribution in [0.5, 0.6) is 0 Å². The molecule has 1 aromatic carbocycles. The highest BCUT2D eigenvalue weighted by Crippen LogP contribution is 2.25. The maximum absolute atomic E-state index is 12.7. The van der Waals surface area contributed by atoms with E-state index in [0.29, 0.717) is 34.1 Å². The van der Waals surface area contributed by atoms with E-state index in [4.69, 9.17) is 4.42 Å². The van der Waals surface area contributed by atoms with Crippen molar-refractivity contribution in [3.63, 3.8) is 0 Å². The number of Topliss-reactive ketones (excluding diaryl/α,β-unsaturated/α-hetero) is 1. The summed E-state index contributed by atoms with van der Waals surface area (Å²) in [6, 6.07) is 7.31. The number of aryl methyl sites for hydroxylation is 2. The minimum absolute atomic E-state index is 0.0671. The third kappa shape index (κ3) is 1.87. The Kier molecular flexibility index (Phi) is 2.86.